The predicted octanol–water partition coefficient (Wildman–Crippen LogP) is 3.31. The van der Waals surface area contributed by atoms with Crippen molar-refractivity contribution in [2.75, 3.05) is 17.7 Å². The van der Waals surface area contributed by atoms with Gasteiger partial charge in [0.25, 0.3) is 5.91 Å². The number of thiophene rings is 1. The van der Waals surface area contributed by atoms with Crippen LogP contribution in [0.25, 0.3) is 0 Å². The second kappa shape index (κ2) is 8.22. The molecule has 3 N–H and O–H groups in total. The smallest absolute Gasteiger partial charge is 0.310 e. The molecular formula is C23H24N2O6S. The number of carbonyl (C=O) groups excluding carboxylic acids is 2. The molecular weight excluding hydrogens is 432 g/mol. The summed E-state index contributed by atoms with van der Waals surface area (Å²) in [6, 6.07) is 7.14. The van der Waals surface area contributed by atoms with E-state index >= 15 is 0 Å². The molecule has 0 spiro atoms. The SMILES string of the molecule is COc1ccccc1NC(=O)c1c(NC(=O)[C@H]2[C@@H](C(=O)O)[C@H]3CC[C@@H]2O3)sc2c1CCC2. The van der Waals surface area contributed by atoms with E-state index in [9.17, 15) is 19.5 Å². The third-order valence-electron chi connectivity index (χ3n) is 6.60. The fourth-order valence-electron chi connectivity index (χ4n) is 5.19. The molecule has 32 heavy (non-hydrogen) atoms. The number of benzene rings is 1. The van der Waals surface area contributed by atoms with Crippen LogP contribution in [0.15, 0.2) is 24.3 Å². The number of anilines is 2. The largest absolute Gasteiger partial charge is 0.495 e. The van der Waals surface area contributed by atoms with Crippen molar-refractivity contribution in [2.24, 2.45) is 11.8 Å². The normalized spacial score (nSPS) is 25.4. The number of hydrogen-bond donors (Lipinski definition) is 3. The summed E-state index contributed by atoms with van der Waals surface area (Å²) in [5.41, 5.74) is 1.96. The van der Waals surface area contributed by atoms with Crippen molar-refractivity contribution >= 4 is 39.8 Å². The minimum absolute atomic E-state index is 0.317. The van der Waals surface area contributed by atoms with E-state index in [1.807, 2.05) is 6.07 Å². The Kier molecular flexibility index (Phi) is 5.38. The van der Waals surface area contributed by atoms with Gasteiger partial charge in [-0.25, -0.2) is 0 Å². The number of aliphatic carboxylic acids is 1. The molecule has 2 saturated heterocycles. The van der Waals surface area contributed by atoms with Gasteiger partial charge in [-0.15, -0.1) is 11.3 Å². The first-order valence-corrected chi connectivity index (χ1v) is 11.6. The summed E-state index contributed by atoms with van der Waals surface area (Å²) >= 11 is 1.40. The number of hydrogen-bond acceptors (Lipinski definition) is 6. The van der Waals surface area contributed by atoms with Crippen LogP contribution in [0.2, 0.25) is 0 Å². The van der Waals surface area contributed by atoms with Gasteiger partial charge in [-0.05, 0) is 49.8 Å². The summed E-state index contributed by atoms with van der Waals surface area (Å²) in [5, 5.41) is 15.9. The van der Waals surface area contributed by atoms with Gasteiger partial charge in [0, 0.05) is 4.88 Å². The van der Waals surface area contributed by atoms with Crippen LogP contribution in [0, 0.1) is 11.8 Å². The average molecular weight is 457 g/mol. The van der Waals surface area contributed by atoms with Crippen LogP contribution < -0.4 is 15.4 Å². The molecule has 168 valence electrons. The fourth-order valence-corrected chi connectivity index (χ4v) is 6.47. The summed E-state index contributed by atoms with van der Waals surface area (Å²) in [7, 11) is 1.54. The molecule has 1 aliphatic carbocycles. The highest BCUT2D eigenvalue weighted by molar-refractivity contribution is 7.17. The molecule has 2 aromatic rings. The molecule has 9 heteroatoms. The number of rotatable bonds is 6. The van der Waals surface area contributed by atoms with Gasteiger partial charge >= 0.3 is 5.97 Å². The van der Waals surface area contributed by atoms with Crippen LogP contribution in [0.4, 0.5) is 10.7 Å². The molecule has 0 saturated carbocycles. The minimum atomic E-state index is -1.01. The maximum absolute atomic E-state index is 13.3. The Morgan fingerprint density at radius 3 is 2.59 bits per heavy atom. The molecule has 1 aromatic heterocycles. The van der Waals surface area contributed by atoms with Crippen LogP contribution in [0.3, 0.4) is 0 Å². The first kappa shape index (κ1) is 21.0. The Labute approximate surface area is 188 Å². The maximum Gasteiger partial charge on any atom is 0.310 e. The lowest BCUT2D eigenvalue weighted by atomic mass is 9.79. The molecule has 2 bridgehead atoms. The van der Waals surface area contributed by atoms with E-state index in [1.165, 1.54) is 18.4 Å². The Balaban J connectivity index is 1.42. The summed E-state index contributed by atoms with van der Waals surface area (Å²) < 4.78 is 11.1. The number of carboxylic acids is 1. The second-order valence-corrected chi connectivity index (χ2v) is 9.49. The topological polar surface area (TPSA) is 114 Å². The van der Waals surface area contributed by atoms with E-state index in [-0.39, 0.29) is 5.91 Å². The van der Waals surface area contributed by atoms with Gasteiger partial charge in [0.2, 0.25) is 5.91 Å². The van der Waals surface area contributed by atoms with Crippen molar-refractivity contribution < 1.29 is 29.0 Å². The molecule has 2 aliphatic heterocycles. The number of aryl methyl sites for hydroxylation is 1. The molecule has 1 aromatic carbocycles. The zero-order valence-electron chi connectivity index (χ0n) is 17.6. The lowest BCUT2D eigenvalue weighted by Gasteiger charge is -2.23. The predicted molar refractivity (Wildman–Crippen MR) is 118 cm³/mol. The number of fused-ring (bicyclic) bond motifs is 3. The molecule has 4 atom stereocenters. The highest BCUT2D eigenvalue weighted by Crippen LogP contribution is 2.45. The molecule has 3 heterocycles. The second-order valence-electron chi connectivity index (χ2n) is 8.39. The summed E-state index contributed by atoms with van der Waals surface area (Å²) in [6.45, 7) is 0. The average Bonchev–Trinajstić information content (AvgIpc) is 3.54. The fraction of sp³-hybridized carbons (Fsp3) is 0.435. The molecule has 0 unspecified atom stereocenters. The van der Waals surface area contributed by atoms with Gasteiger partial charge in [-0.2, -0.15) is 0 Å². The van der Waals surface area contributed by atoms with Gasteiger partial charge < -0.3 is 25.2 Å². The standard InChI is InChI=1S/C23H24N2O6S/c1-30-13-7-3-2-6-12(13)24-20(26)17-11-5-4-8-16(11)32-22(17)25-21(27)18-14-9-10-15(31-14)19(18)23(28)29/h2-3,6-7,14-15,18-19H,4-5,8-10H2,1H3,(H,24,26)(H,25,27)(H,28,29)/t14-,15+,18+,19-/m0/s1. The number of methoxy groups -OCH3 is 1. The molecule has 2 amide bonds. The first-order valence-electron chi connectivity index (χ1n) is 10.8. The van der Waals surface area contributed by atoms with E-state index < -0.39 is 35.9 Å². The van der Waals surface area contributed by atoms with Crippen LogP contribution in [-0.4, -0.2) is 42.2 Å². The van der Waals surface area contributed by atoms with E-state index in [0.717, 1.165) is 29.7 Å². The van der Waals surface area contributed by atoms with Gasteiger partial charge in [-0.3, -0.25) is 14.4 Å². The number of para-hydroxylation sites is 2. The van der Waals surface area contributed by atoms with Crippen molar-refractivity contribution in [3.63, 3.8) is 0 Å². The van der Waals surface area contributed by atoms with Crippen molar-refractivity contribution in [1.82, 2.24) is 0 Å². The summed E-state index contributed by atoms with van der Waals surface area (Å²) in [4.78, 5) is 39.3. The Morgan fingerprint density at radius 1 is 1.09 bits per heavy atom. The van der Waals surface area contributed by atoms with E-state index in [4.69, 9.17) is 9.47 Å². The van der Waals surface area contributed by atoms with E-state index in [1.54, 1.807) is 18.2 Å². The van der Waals surface area contributed by atoms with Gasteiger partial charge in [0.05, 0.1) is 42.4 Å². The third kappa shape index (κ3) is 3.45. The lowest BCUT2D eigenvalue weighted by molar-refractivity contribution is -0.147. The number of nitrogens with one attached hydrogen (secondary N) is 2. The molecule has 2 fully saturated rings. The number of carboxylic acid groups (broad SMARTS) is 1. The van der Waals surface area contributed by atoms with Gasteiger partial charge in [0.1, 0.15) is 10.8 Å². The zero-order chi connectivity index (χ0) is 22.4. The van der Waals surface area contributed by atoms with Crippen molar-refractivity contribution in [2.45, 2.75) is 44.3 Å². The van der Waals surface area contributed by atoms with Crippen LogP contribution >= 0.6 is 11.3 Å². The summed E-state index contributed by atoms with van der Waals surface area (Å²) in [6.07, 6.45) is 3.12. The van der Waals surface area contributed by atoms with Crippen molar-refractivity contribution in [3.05, 3.63) is 40.3 Å². The monoisotopic (exact) mass is 456 g/mol. The zero-order valence-corrected chi connectivity index (χ0v) is 18.4. The highest BCUT2D eigenvalue weighted by atomic mass is 32.1. The maximum atomic E-state index is 13.3. The van der Waals surface area contributed by atoms with E-state index in [2.05, 4.69) is 10.6 Å². The van der Waals surface area contributed by atoms with Crippen molar-refractivity contribution in [1.29, 1.82) is 0 Å². The molecule has 8 nitrogen and oxygen atoms in total. The quantitative estimate of drug-likeness (QED) is 0.615. The Hall–Kier alpha value is -2.91. The summed E-state index contributed by atoms with van der Waals surface area (Å²) in [5.74, 6) is -2.79. The highest BCUT2D eigenvalue weighted by Gasteiger charge is 2.55. The number of ether oxygens (including phenoxy) is 2. The van der Waals surface area contributed by atoms with Crippen molar-refractivity contribution in [3.8, 4) is 5.75 Å². The van der Waals surface area contributed by atoms with E-state index in [0.29, 0.717) is 34.8 Å². The third-order valence-corrected chi connectivity index (χ3v) is 7.81. The molecule has 3 aliphatic rings. The first-order chi connectivity index (χ1) is 15.5. The Bertz CT molecular complexity index is 1100. The molecule has 0 radical (unpaired) electrons. The van der Waals surface area contributed by atoms with Gasteiger partial charge in [-0.1, -0.05) is 12.1 Å². The van der Waals surface area contributed by atoms with Crippen LogP contribution in [0.5, 0.6) is 5.75 Å². The number of amides is 2. The minimum Gasteiger partial charge on any atom is -0.495 e. The number of carbonyl (C=O) groups is 3. The van der Waals surface area contributed by atoms with Gasteiger partial charge in [0.15, 0.2) is 0 Å². The lowest BCUT2D eigenvalue weighted by Crippen LogP contribution is -2.41. The Morgan fingerprint density at radius 2 is 1.84 bits per heavy atom. The van der Waals surface area contributed by atoms with Crippen LogP contribution in [0.1, 0.15) is 40.1 Å². The van der Waals surface area contributed by atoms with Crippen LogP contribution in [-0.2, 0) is 27.2 Å². The molecule has 5 rings (SSSR count).